The van der Waals surface area contributed by atoms with Crippen LogP contribution in [0.1, 0.15) is 21.5 Å². The van der Waals surface area contributed by atoms with Crippen molar-refractivity contribution in [2.24, 2.45) is 4.99 Å². The Morgan fingerprint density at radius 1 is 1.12 bits per heavy atom. The molecule has 1 heterocycles. The molecule has 3 aromatic rings. The molecule has 0 radical (unpaired) electrons. The van der Waals surface area contributed by atoms with E-state index in [1.165, 1.54) is 7.11 Å². The number of halogens is 3. The lowest BCUT2D eigenvalue weighted by atomic mass is 10.1. The minimum Gasteiger partial charge on any atom is -0.493 e. The fourth-order valence-electron chi connectivity index (χ4n) is 3.15. The number of hydrogen-bond donors (Lipinski definition) is 0. The first-order valence-corrected chi connectivity index (χ1v) is 11.8. The van der Waals surface area contributed by atoms with Gasteiger partial charge in [0, 0.05) is 10.6 Å². The van der Waals surface area contributed by atoms with Crippen LogP contribution in [0.15, 0.2) is 71.4 Å². The van der Waals surface area contributed by atoms with Gasteiger partial charge in [0.1, 0.15) is 0 Å². The van der Waals surface area contributed by atoms with Crippen molar-refractivity contribution < 1.29 is 23.8 Å². The number of rotatable bonds is 7. The number of ketones is 1. The smallest absolute Gasteiger partial charge is 0.363 e. The van der Waals surface area contributed by atoms with Crippen LogP contribution in [0.4, 0.5) is 0 Å². The van der Waals surface area contributed by atoms with Gasteiger partial charge in [0.05, 0.1) is 21.3 Å². The number of benzene rings is 3. The van der Waals surface area contributed by atoms with Gasteiger partial charge in [0.2, 0.25) is 5.90 Å². The molecule has 4 rings (SSSR count). The molecule has 0 amide bonds. The highest BCUT2D eigenvalue weighted by atomic mass is 127. The van der Waals surface area contributed by atoms with E-state index < -0.39 is 5.97 Å². The van der Waals surface area contributed by atoms with Gasteiger partial charge < -0.3 is 14.2 Å². The Morgan fingerprint density at radius 3 is 2.59 bits per heavy atom. The molecule has 0 unspecified atom stereocenters. The van der Waals surface area contributed by atoms with Gasteiger partial charge in [0.15, 0.2) is 29.6 Å². The lowest BCUT2D eigenvalue weighted by Gasteiger charge is -2.13. The summed E-state index contributed by atoms with van der Waals surface area (Å²) in [6.07, 6.45) is 1.57. The summed E-state index contributed by atoms with van der Waals surface area (Å²) in [5.74, 6) is 0.181. The van der Waals surface area contributed by atoms with Crippen LogP contribution in [0.3, 0.4) is 0 Å². The third-order valence-electron chi connectivity index (χ3n) is 4.78. The minimum atomic E-state index is -0.608. The summed E-state index contributed by atoms with van der Waals surface area (Å²) in [6.45, 7) is -0.140. The van der Waals surface area contributed by atoms with Crippen LogP contribution >= 0.6 is 45.8 Å². The zero-order chi connectivity index (χ0) is 24.2. The van der Waals surface area contributed by atoms with Gasteiger partial charge in [-0.15, -0.1) is 0 Å². The molecule has 1 aliphatic heterocycles. The lowest BCUT2D eigenvalue weighted by molar-refractivity contribution is -0.129. The highest BCUT2D eigenvalue weighted by molar-refractivity contribution is 14.1. The number of nitrogens with zero attached hydrogens (tertiary/aromatic N) is 1. The number of methoxy groups -OCH3 is 1. The predicted octanol–water partition coefficient (Wildman–Crippen LogP) is 6.21. The average Bonchev–Trinajstić information content (AvgIpc) is 3.18. The van der Waals surface area contributed by atoms with Crippen molar-refractivity contribution in [3.05, 3.63) is 96.7 Å². The van der Waals surface area contributed by atoms with E-state index in [9.17, 15) is 9.59 Å². The first kappa shape index (κ1) is 24.3. The van der Waals surface area contributed by atoms with Gasteiger partial charge in [-0.05, 0) is 64.6 Å². The van der Waals surface area contributed by atoms with E-state index in [0.717, 1.165) is 0 Å². The maximum Gasteiger partial charge on any atom is 0.363 e. The Morgan fingerprint density at radius 2 is 1.88 bits per heavy atom. The summed E-state index contributed by atoms with van der Waals surface area (Å²) in [6, 6.07) is 17.2. The molecule has 0 fully saturated rings. The monoisotopic (exact) mass is 607 g/mol. The van der Waals surface area contributed by atoms with E-state index in [1.54, 1.807) is 60.7 Å². The number of carbonyl (C=O) groups excluding carboxylic acids is 2. The van der Waals surface area contributed by atoms with Crippen molar-refractivity contribution in [1.82, 2.24) is 0 Å². The predicted molar refractivity (Wildman–Crippen MR) is 139 cm³/mol. The van der Waals surface area contributed by atoms with E-state index in [1.807, 2.05) is 6.07 Å². The van der Waals surface area contributed by atoms with Crippen molar-refractivity contribution in [3.63, 3.8) is 0 Å². The Balaban J connectivity index is 1.58. The summed E-state index contributed by atoms with van der Waals surface area (Å²) in [5, 5.41) is 0.784. The van der Waals surface area contributed by atoms with Crippen LogP contribution in [0.5, 0.6) is 11.5 Å². The number of hydrogen-bond acceptors (Lipinski definition) is 6. The average molecular weight is 608 g/mol. The van der Waals surface area contributed by atoms with Gasteiger partial charge >= 0.3 is 5.97 Å². The summed E-state index contributed by atoms with van der Waals surface area (Å²) in [7, 11) is 1.50. The molecule has 0 saturated heterocycles. The summed E-state index contributed by atoms with van der Waals surface area (Å²) in [5.41, 5.74) is 1.77. The van der Waals surface area contributed by atoms with Crippen LogP contribution in [0.25, 0.3) is 6.08 Å². The summed E-state index contributed by atoms with van der Waals surface area (Å²) < 4.78 is 17.2. The number of ether oxygens (including phenoxy) is 3. The second kappa shape index (κ2) is 10.6. The Hall–Kier alpha value is -2.88. The van der Waals surface area contributed by atoms with E-state index >= 15 is 0 Å². The van der Waals surface area contributed by atoms with E-state index in [-0.39, 0.29) is 24.0 Å². The number of Topliss-reactive ketones (excluding diaryl/α,β-unsaturated/α-hetero) is 1. The van der Waals surface area contributed by atoms with Crippen LogP contribution in [-0.2, 0) is 9.53 Å². The number of esters is 1. The molecule has 0 atom stereocenters. The van der Waals surface area contributed by atoms with Crippen molar-refractivity contribution in [2.45, 2.75) is 0 Å². The molecule has 9 heteroatoms. The Labute approximate surface area is 219 Å². The van der Waals surface area contributed by atoms with Crippen molar-refractivity contribution in [2.75, 3.05) is 13.7 Å². The van der Waals surface area contributed by atoms with Crippen molar-refractivity contribution >= 4 is 69.5 Å². The summed E-state index contributed by atoms with van der Waals surface area (Å²) in [4.78, 5) is 29.1. The number of cyclic esters (lactones) is 1. The standard InChI is InChI=1S/C25H16Cl2INO5/c1-32-22-11-14(9-19(28)23(22)33-13-21(30)15-5-3-2-4-6-15)10-20-25(31)34-24(29-20)17-8-7-16(26)12-18(17)27/h2-12H,13H2,1H3/b20-10-. The molecular formula is C25H16Cl2INO5. The number of aliphatic imine (C=N–C) groups is 1. The molecule has 3 aromatic carbocycles. The maximum atomic E-state index is 12.4. The fraction of sp³-hybridized carbons (Fsp3) is 0.0800. The summed E-state index contributed by atoms with van der Waals surface area (Å²) >= 11 is 14.2. The molecule has 0 N–H and O–H groups in total. The van der Waals surface area contributed by atoms with E-state index in [0.29, 0.717) is 41.8 Å². The van der Waals surface area contributed by atoms with Crippen LogP contribution in [0.2, 0.25) is 10.0 Å². The SMILES string of the molecule is COc1cc(/C=C2\N=C(c3ccc(Cl)cc3Cl)OC2=O)cc(I)c1OCC(=O)c1ccccc1. The minimum absolute atomic E-state index is 0.0963. The molecule has 0 saturated carbocycles. The first-order valence-electron chi connectivity index (χ1n) is 9.92. The highest BCUT2D eigenvalue weighted by Gasteiger charge is 2.26. The first-order chi connectivity index (χ1) is 16.4. The number of carbonyl (C=O) groups is 2. The zero-order valence-electron chi connectivity index (χ0n) is 17.7. The van der Waals surface area contributed by atoms with Crippen molar-refractivity contribution in [3.8, 4) is 11.5 Å². The topological polar surface area (TPSA) is 74.2 Å². The van der Waals surface area contributed by atoms with E-state index in [4.69, 9.17) is 37.4 Å². The Kier molecular flexibility index (Phi) is 7.55. The third kappa shape index (κ3) is 5.43. The van der Waals surface area contributed by atoms with Gasteiger partial charge in [-0.1, -0.05) is 53.5 Å². The second-order valence-corrected chi connectivity index (χ2v) is 9.08. The molecule has 34 heavy (non-hydrogen) atoms. The van der Waals surface area contributed by atoms with Crippen LogP contribution < -0.4 is 9.47 Å². The van der Waals surface area contributed by atoms with Gasteiger partial charge in [-0.3, -0.25) is 4.79 Å². The largest absolute Gasteiger partial charge is 0.493 e. The van der Waals surface area contributed by atoms with E-state index in [2.05, 4.69) is 27.6 Å². The molecular weight excluding hydrogens is 592 g/mol. The second-order valence-electron chi connectivity index (χ2n) is 7.07. The molecule has 1 aliphatic rings. The molecule has 172 valence electrons. The Bertz CT molecular complexity index is 1340. The molecule has 6 nitrogen and oxygen atoms in total. The molecule has 0 bridgehead atoms. The third-order valence-corrected chi connectivity index (χ3v) is 6.13. The van der Waals surface area contributed by atoms with Crippen LogP contribution in [-0.4, -0.2) is 31.4 Å². The van der Waals surface area contributed by atoms with Gasteiger partial charge in [-0.25, -0.2) is 9.79 Å². The highest BCUT2D eigenvalue weighted by Crippen LogP contribution is 2.35. The quantitative estimate of drug-likeness (QED) is 0.138. The van der Waals surface area contributed by atoms with Crippen molar-refractivity contribution in [1.29, 1.82) is 0 Å². The lowest BCUT2D eigenvalue weighted by Crippen LogP contribution is -2.12. The van der Waals surface area contributed by atoms with Gasteiger partial charge in [0.25, 0.3) is 0 Å². The molecule has 0 aliphatic carbocycles. The zero-order valence-corrected chi connectivity index (χ0v) is 21.3. The van der Waals surface area contributed by atoms with Crippen LogP contribution in [0, 0.1) is 3.57 Å². The molecule has 0 aromatic heterocycles. The fourth-order valence-corrected chi connectivity index (χ4v) is 4.42. The normalized spacial score (nSPS) is 14.1. The maximum absolute atomic E-state index is 12.4. The van der Waals surface area contributed by atoms with Gasteiger partial charge in [-0.2, -0.15) is 0 Å². The molecule has 0 spiro atoms.